The summed E-state index contributed by atoms with van der Waals surface area (Å²) < 4.78 is 0.911. The number of carboxylic acid groups (broad SMARTS) is 1. The molecule has 7 heteroatoms. The average molecular weight is 640 g/mol. The second-order valence-corrected chi connectivity index (χ2v) is 13.4. The third kappa shape index (κ3) is 20.7. The summed E-state index contributed by atoms with van der Waals surface area (Å²) in [4.78, 5) is 38.1. The van der Waals surface area contributed by atoms with Crippen LogP contribution >= 0.6 is 9.39 Å². The topological polar surface area (TPSA) is 94.9 Å². The Bertz CT molecular complexity index is 743. The molecule has 0 aliphatic heterocycles. The number of aliphatic carboxylic acids is 1. The zero-order chi connectivity index (χ0) is 32.7. The Labute approximate surface area is 273 Å². The van der Waals surface area contributed by atoms with Crippen LogP contribution in [-0.2, 0) is 14.4 Å². The third-order valence-electron chi connectivity index (χ3n) is 8.88. The van der Waals surface area contributed by atoms with Crippen LogP contribution in [0, 0.1) is 0 Å². The van der Waals surface area contributed by atoms with Crippen LogP contribution in [0.3, 0.4) is 0 Å². The van der Waals surface area contributed by atoms with Crippen LogP contribution in [-0.4, -0.2) is 44.7 Å². The number of amides is 1. The predicted octanol–water partition coefficient (Wildman–Crippen LogP) is 10.5. The summed E-state index contributed by atoms with van der Waals surface area (Å²) in [6, 6.07) is 0. The molecule has 0 rings (SSSR count). The minimum atomic E-state index is -2.22. The number of allylic oxidation sites excluding steroid dienone is 2. The first-order chi connectivity index (χ1) is 21.4. The standard InChI is InChI=1S/C37H70NO5P/c1-3-5-7-9-11-13-15-17-18-20-22-24-26-28-30-32-35(41)38(44)37(33-39,36(42)43)34(40)31-29-27-25-23-21-19-16-14-12-10-8-6-4-2/h17-18,39H,3-16,19-33,44H2,1-2H3,(H,42,43)/t37-/m0/s1. The SMILES string of the molecule is CCCCCCCCC=CCCCCCCCC(=O)N(P)[C@](CO)(C(=O)O)C(=O)CCCCCCCCCCCCCCC. The van der Waals surface area contributed by atoms with E-state index in [0.29, 0.717) is 12.8 Å². The Morgan fingerprint density at radius 2 is 0.909 bits per heavy atom. The molecular formula is C37H70NO5P. The lowest BCUT2D eigenvalue weighted by atomic mass is 9.90. The van der Waals surface area contributed by atoms with Gasteiger partial charge in [-0.1, -0.05) is 154 Å². The highest BCUT2D eigenvalue weighted by Crippen LogP contribution is 2.26. The molecule has 2 N–H and O–H groups in total. The Balaban J connectivity index is 4.15. The van der Waals surface area contributed by atoms with Crippen molar-refractivity contribution in [3.63, 3.8) is 0 Å². The van der Waals surface area contributed by atoms with Crippen molar-refractivity contribution >= 4 is 27.1 Å². The number of carbonyl (C=O) groups excluding carboxylic acids is 2. The highest BCUT2D eigenvalue weighted by molar-refractivity contribution is 7.15. The van der Waals surface area contributed by atoms with Gasteiger partial charge in [-0.3, -0.25) is 9.59 Å². The molecule has 0 aliphatic rings. The summed E-state index contributed by atoms with van der Waals surface area (Å²) >= 11 is 0. The minimum Gasteiger partial charge on any atom is -0.479 e. The molecule has 0 spiro atoms. The van der Waals surface area contributed by atoms with Crippen molar-refractivity contribution in [2.45, 2.75) is 199 Å². The van der Waals surface area contributed by atoms with E-state index < -0.39 is 29.8 Å². The largest absolute Gasteiger partial charge is 0.479 e. The number of ketones is 1. The van der Waals surface area contributed by atoms with E-state index in [9.17, 15) is 24.6 Å². The molecular weight excluding hydrogens is 569 g/mol. The molecule has 1 amide bonds. The molecule has 2 atom stereocenters. The number of nitrogens with zero attached hydrogens (tertiary/aromatic N) is 1. The molecule has 0 aromatic rings. The highest BCUT2D eigenvalue weighted by Gasteiger charge is 2.50. The maximum Gasteiger partial charge on any atom is 0.340 e. The number of carboxylic acids is 1. The molecule has 0 saturated carbocycles. The van der Waals surface area contributed by atoms with E-state index in [4.69, 9.17) is 0 Å². The Morgan fingerprint density at radius 1 is 0.568 bits per heavy atom. The molecule has 0 aromatic heterocycles. The van der Waals surface area contributed by atoms with Crippen molar-refractivity contribution in [1.29, 1.82) is 0 Å². The van der Waals surface area contributed by atoms with Crippen LogP contribution in [0.5, 0.6) is 0 Å². The fourth-order valence-electron chi connectivity index (χ4n) is 5.78. The summed E-state index contributed by atoms with van der Waals surface area (Å²) in [5.41, 5.74) is -2.22. The van der Waals surface area contributed by atoms with Crippen LogP contribution in [0.15, 0.2) is 12.2 Å². The zero-order valence-electron chi connectivity index (χ0n) is 28.8. The number of Topliss-reactive ketones (excluding diaryl/α,β-unsaturated/α-hetero) is 1. The van der Waals surface area contributed by atoms with Gasteiger partial charge in [-0.15, -0.1) is 0 Å². The second-order valence-electron chi connectivity index (χ2n) is 12.8. The maximum absolute atomic E-state index is 13.0. The highest BCUT2D eigenvalue weighted by atomic mass is 31.0. The van der Waals surface area contributed by atoms with Crippen LogP contribution in [0.2, 0.25) is 0 Å². The lowest BCUT2D eigenvalue weighted by molar-refractivity contribution is -0.161. The van der Waals surface area contributed by atoms with Gasteiger partial charge in [-0.05, 0) is 47.9 Å². The van der Waals surface area contributed by atoms with Gasteiger partial charge in [0.25, 0.3) is 0 Å². The lowest BCUT2D eigenvalue weighted by Gasteiger charge is -2.35. The second kappa shape index (κ2) is 30.4. The summed E-state index contributed by atoms with van der Waals surface area (Å²) in [5, 5.41) is 20.0. The Hall–Kier alpha value is -1.26. The first-order valence-corrected chi connectivity index (χ1v) is 19.0. The van der Waals surface area contributed by atoms with E-state index in [-0.39, 0.29) is 12.8 Å². The molecule has 44 heavy (non-hydrogen) atoms. The number of aliphatic hydroxyl groups excluding tert-OH is 1. The van der Waals surface area contributed by atoms with Crippen LogP contribution < -0.4 is 0 Å². The van der Waals surface area contributed by atoms with Gasteiger partial charge in [0, 0.05) is 12.8 Å². The summed E-state index contributed by atoms with van der Waals surface area (Å²) in [6.07, 6.45) is 35.1. The van der Waals surface area contributed by atoms with Crippen molar-refractivity contribution in [3.8, 4) is 0 Å². The third-order valence-corrected chi connectivity index (χ3v) is 9.61. The first-order valence-electron chi connectivity index (χ1n) is 18.5. The van der Waals surface area contributed by atoms with Crippen LogP contribution in [0.25, 0.3) is 0 Å². The quantitative estimate of drug-likeness (QED) is 0.0322. The van der Waals surface area contributed by atoms with Gasteiger partial charge >= 0.3 is 5.97 Å². The fourth-order valence-corrected chi connectivity index (χ4v) is 6.24. The van der Waals surface area contributed by atoms with Crippen LogP contribution in [0.1, 0.15) is 194 Å². The molecule has 6 nitrogen and oxygen atoms in total. The van der Waals surface area contributed by atoms with E-state index in [1.807, 2.05) is 0 Å². The van der Waals surface area contributed by atoms with Crippen molar-refractivity contribution in [2.75, 3.05) is 6.61 Å². The molecule has 0 bridgehead atoms. The first kappa shape index (κ1) is 42.7. The molecule has 0 aliphatic carbocycles. The Kier molecular flexibility index (Phi) is 29.5. The number of hydrogen-bond donors (Lipinski definition) is 2. The van der Waals surface area contributed by atoms with Gasteiger partial charge in [0.1, 0.15) is 0 Å². The molecule has 258 valence electrons. The zero-order valence-corrected chi connectivity index (χ0v) is 30.0. The van der Waals surface area contributed by atoms with Crippen LogP contribution in [0.4, 0.5) is 0 Å². The average Bonchev–Trinajstić information content (AvgIpc) is 3.01. The van der Waals surface area contributed by atoms with E-state index in [1.165, 1.54) is 103 Å². The summed E-state index contributed by atoms with van der Waals surface area (Å²) in [6.45, 7) is 3.57. The van der Waals surface area contributed by atoms with Crippen molar-refractivity contribution in [1.82, 2.24) is 4.67 Å². The monoisotopic (exact) mass is 639 g/mol. The van der Waals surface area contributed by atoms with Gasteiger partial charge < -0.3 is 14.9 Å². The number of carbonyl (C=O) groups is 3. The maximum atomic E-state index is 13.0. The molecule has 1 unspecified atom stereocenters. The van der Waals surface area contributed by atoms with Crippen molar-refractivity contribution in [3.05, 3.63) is 12.2 Å². The normalized spacial score (nSPS) is 12.9. The van der Waals surface area contributed by atoms with Crippen molar-refractivity contribution in [2.24, 2.45) is 0 Å². The fraction of sp³-hybridized carbons (Fsp3) is 0.865. The van der Waals surface area contributed by atoms with Gasteiger partial charge in [0.15, 0.2) is 5.78 Å². The molecule has 0 fully saturated rings. The molecule has 0 radical (unpaired) electrons. The number of aliphatic hydroxyl groups is 1. The predicted molar refractivity (Wildman–Crippen MR) is 189 cm³/mol. The van der Waals surface area contributed by atoms with E-state index in [2.05, 4.69) is 35.4 Å². The van der Waals surface area contributed by atoms with E-state index in [0.717, 1.165) is 56.0 Å². The minimum absolute atomic E-state index is 0.0518. The molecule has 0 aromatic carbocycles. The number of rotatable bonds is 33. The van der Waals surface area contributed by atoms with Gasteiger partial charge in [-0.2, -0.15) is 0 Å². The van der Waals surface area contributed by atoms with E-state index in [1.54, 1.807) is 0 Å². The van der Waals surface area contributed by atoms with Gasteiger partial charge in [0.05, 0.1) is 6.61 Å². The summed E-state index contributed by atoms with van der Waals surface area (Å²) in [7, 11) is 2.12. The lowest BCUT2D eigenvalue weighted by Crippen LogP contribution is -2.60. The number of hydrogen-bond acceptors (Lipinski definition) is 4. The Morgan fingerprint density at radius 3 is 1.27 bits per heavy atom. The van der Waals surface area contributed by atoms with E-state index >= 15 is 0 Å². The molecule has 0 heterocycles. The van der Waals surface area contributed by atoms with Crippen molar-refractivity contribution < 1.29 is 24.6 Å². The summed E-state index contributed by atoms with van der Waals surface area (Å²) in [5.74, 6) is -2.49. The number of unbranched alkanes of at least 4 members (excludes halogenated alkanes) is 23. The molecule has 0 saturated heterocycles. The van der Waals surface area contributed by atoms with Gasteiger partial charge in [0.2, 0.25) is 11.4 Å². The van der Waals surface area contributed by atoms with Gasteiger partial charge in [-0.25, -0.2) is 4.79 Å². The smallest absolute Gasteiger partial charge is 0.340 e.